The fourth-order valence-electron chi connectivity index (χ4n) is 2.54. The maximum Gasteiger partial charge on any atom is 0.320 e. The third-order valence-corrected chi connectivity index (χ3v) is 8.06. The van der Waals surface area contributed by atoms with Gasteiger partial charge >= 0.3 is 15.7 Å². The van der Waals surface area contributed by atoms with Crippen molar-refractivity contribution in [2.45, 2.75) is 45.2 Å². The lowest BCUT2D eigenvalue weighted by molar-refractivity contribution is -0.136. The number of hydrogen-bond donors (Lipinski definition) is 2. The zero-order valence-electron chi connectivity index (χ0n) is 17.5. The number of rotatable bonds is 8. The van der Waals surface area contributed by atoms with E-state index in [0.717, 1.165) is 25.6 Å². The largest absolute Gasteiger partial charge is 0.515 e. The lowest BCUT2D eigenvalue weighted by Crippen LogP contribution is -2.41. The summed E-state index contributed by atoms with van der Waals surface area (Å²) in [6.07, 6.45) is 0.544. The molecule has 0 aliphatic heterocycles. The first-order valence-electron chi connectivity index (χ1n) is 9.46. The summed E-state index contributed by atoms with van der Waals surface area (Å²) < 4.78 is 15.1. The van der Waals surface area contributed by atoms with E-state index in [0.29, 0.717) is 18.7 Å². The zero-order chi connectivity index (χ0) is 23.3. The van der Waals surface area contributed by atoms with Gasteiger partial charge in [-0.3, -0.25) is 4.79 Å². The number of hydrogen-bond acceptors (Lipinski definition) is 5. The van der Waals surface area contributed by atoms with Crippen molar-refractivity contribution in [2.75, 3.05) is 6.54 Å². The van der Waals surface area contributed by atoms with E-state index < -0.39 is 6.04 Å². The first-order valence-corrected chi connectivity index (χ1v) is 14.7. The summed E-state index contributed by atoms with van der Waals surface area (Å²) in [5.41, 5.74) is 1.04. The highest BCUT2D eigenvalue weighted by atomic mass is 127. The molecule has 0 aliphatic rings. The van der Waals surface area contributed by atoms with E-state index in [1.807, 2.05) is 31.2 Å². The lowest BCUT2D eigenvalue weighted by Gasteiger charge is -2.21. The highest BCUT2D eigenvalue weighted by molar-refractivity contribution is 14.1. The second-order valence-corrected chi connectivity index (χ2v) is 14.4. The van der Waals surface area contributed by atoms with Gasteiger partial charge in [0.25, 0.3) is 0 Å². The average molecular weight is 889 g/mol. The van der Waals surface area contributed by atoms with Crippen LogP contribution in [-0.4, -0.2) is 33.4 Å². The second-order valence-electron chi connectivity index (χ2n) is 7.81. The third kappa shape index (κ3) is 8.72. The number of carbonyl (C=O) groups is 1. The van der Waals surface area contributed by atoms with Gasteiger partial charge < -0.3 is 19.6 Å². The smallest absolute Gasteiger partial charge is 0.320 e. The molecule has 10 heteroatoms. The Morgan fingerprint density at radius 2 is 1.61 bits per heavy atom. The van der Waals surface area contributed by atoms with Crippen LogP contribution in [0.25, 0.3) is 0 Å². The van der Waals surface area contributed by atoms with Crippen molar-refractivity contribution in [3.05, 3.63) is 44.1 Å². The van der Waals surface area contributed by atoms with Gasteiger partial charge in [-0.1, -0.05) is 27.7 Å². The Labute approximate surface area is 240 Å². The molecule has 0 saturated heterocycles. The van der Waals surface area contributed by atoms with Crippen molar-refractivity contribution < 1.29 is 19.1 Å². The van der Waals surface area contributed by atoms with Crippen molar-refractivity contribution in [3.63, 3.8) is 0 Å². The number of phenols is 1. The fourth-order valence-corrected chi connectivity index (χ4v) is 6.92. The van der Waals surface area contributed by atoms with Crippen LogP contribution >= 0.6 is 90.4 Å². The van der Waals surface area contributed by atoms with Crippen molar-refractivity contribution in [2.24, 2.45) is 0 Å². The fraction of sp³-hybridized carbons (Fsp3) is 0.381. The number of nitrogens with one attached hydrogen (secondary N) is 1. The number of aromatic hydroxyl groups is 1. The Hall–Kier alpha value is 0.607. The van der Waals surface area contributed by atoms with E-state index in [2.05, 4.69) is 116 Å². The Bertz CT molecular complexity index is 903. The van der Waals surface area contributed by atoms with Gasteiger partial charge in [0, 0.05) is 0 Å². The predicted octanol–water partition coefficient (Wildman–Crippen LogP) is 6.50. The third-order valence-electron chi connectivity index (χ3n) is 3.90. The molecule has 0 amide bonds. The first-order chi connectivity index (χ1) is 14.4. The molecule has 1 atom stereocenters. The number of likely N-dealkylation sites (N-methyl/N-ethyl adjacent to an activating group) is 1. The quantitative estimate of drug-likeness (QED) is 0.234. The van der Waals surface area contributed by atoms with E-state index in [1.165, 1.54) is 0 Å². The number of ether oxygens (including phenoxy) is 1. The molecule has 0 aliphatic carbocycles. The topological polar surface area (TPSA) is 67.8 Å². The number of benzene rings is 2. The Kier molecular flexibility index (Phi) is 11.1. The summed E-state index contributed by atoms with van der Waals surface area (Å²) in [4.78, 5) is 12.6. The summed E-state index contributed by atoms with van der Waals surface area (Å²) in [5, 5.41) is 13.2. The van der Waals surface area contributed by atoms with Crippen LogP contribution in [0, 0.1) is 14.3 Å². The number of halogens is 4. The number of phenolic OH excluding ortho intramolecular Hbond substituents is 1. The molecular formula is C21H23I4NO4Si. The van der Waals surface area contributed by atoms with Crippen molar-refractivity contribution in [3.8, 4) is 17.2 Å². The molecule has 1 unspecified atom stereocenters. The summed E-state index contributed by atoms with van der Waals surface area (Å²) in [6, 6.07) is 7.31. The van der Waals surface area contributed by atoms with Crippen molar-refractivity contribution in [1.29, 1.82) is 0 Å². The van der Waals surface area contributed by atoms with Crippen LogP contribution in [-0.2, 0) is 15.6 Å². The monoisotopic (exact) mass is 889 g/mol. The minimum Gasteiger partial charge on any atom is -0.515 e. The maximum atomic E-state index is 12.6. The normalized spacial score (nSPS) is 12.5. The molecule has 2 N–H and O–H groups in total. The predicted molar refractivity (Wildman–Crippen MR) is 158 cm³/mol. The SMILES string of the molecule is CCNC(Cc1cc(I)c(Oc2cc(I)c(O)c(I)c2)c(I)c1)C(=O)O[Si]C(C)(C)C. The molecule has 0 aromatic heterocycles. The van der Waals surface area contributed by atoms with E-state index in [9.17, 15) is 9.90 Å². The molecule has 0 bridgehead atoms. The highest BCUT2D eigenvalue weighted by Gasteiger charge is 2.24. The molecule has 0 fully saturated rings. The van der Waals surface area contributed by atoms with Crippen LogP contribution in [0.4, 0.5) is 0 Å². The Balaban J connectivity index is 2.20. The molecule has 31 heavy (non-hydrogen) atoms. The Morgan fingerprint density at radius 3 is 2.10 bits per heavy atom. The molecular weight excluding hydrogens is 866 g/mol. The molecule has 5 nitrogen and oxygen atoms in total. The minimum atomic E-state index is -0.390. The van der Waals surface area contributed by atoms with Crippen LogP contribution in [0.2, 0.25) is 5.04 Å². The van der Waals surface area contributed by atoms with Gasteiger partial charge in [0.1, 0.15) is 17.5 Å². The Morgan fingerprint density at radius 1 is 1.06 bits per heavy atom. The first kappa shape index (κ1) is 27.8. The molecule has 2 rings (SSSR count). The molecule has 2 aromatic carbocycles. The second kappa shape index (κ2) is 12.4. The van der Waals surface area contributed by atoms with Crippen molar-refractivity contribution in [1.82, 2.24) is 5.32 Å². The summed E-state index contributed by atoms with van der Waals surface area (Å²) in [7, 11) is 0.122. The average Bonchev–Trinajstić information content (AvgIpc) is 2.66. The van der Waals surface area contributed by atoms with Gasteiger partial charge in [0.05, 0.1) is 14.3 Å². The van der Waals surface area contributed by atoms with Crippen LogP contribution in [0.5, 0.6) is 17.2 Å². The standard InChI is InChI=1S/C21H23I4NO4Si/c1-5-26-17(20(28)30-31-21(2,3)4)8-11-6-15(24)19(16(25)7-11)29-12-9-13(22)18(27)14(23)10-12/h6-7,9-10,17,26-27H,5,8H2,1-4H3. The van der Waals surface area contributed by atoms with Crippen LogP contribution in [0.3, 0.4) is 0 Å². The van der Waals surface area contributed by atoms with Crippen LogP contribution in [0.1, 0.15) is 33.3 Å². The summed E-state index contributed by atoms with van der Waals surface area (Å²) in [5.74, 6) is 1.49. The van der Waals surface area contributed by atoms with Crippen molar-refractivity contribution >= 4 is 106 Å². The van der Waals surface area contributed by atoms with E-state index in [4.69, 9.17) is 9.16 Å². The zero-order valence-corrected chi connectivity index (χ0v) is 27.1. The van der Waals surface area contributed by atoms with Gasteiger partial charge in [-0.15, -0.1) is 0 Å². The maximum absolute atomic E-state index is 12.6. The van der Waals surface area contributed by atoms with E-state index in [1.54, 1.807) is 0 Å². The highest BCUT2D eigenvalue weighted by Crippen LogP contribution is 2.37. The van der Waals surface area contributed by atoms with Gasteiger partial charge in [-0.2, -0.15) is 0 Å². The van der Waals surface area contributed by atoms with Gasteiger partial charge in [0.2, 0.25) is 0 Å². The molecule has 0 spiro atoms. The molecule has 2 aromatic rings. The summed E-state index contributed by atoms with van der Waals surface area (Å²) in [6.45, 7) is 8.84. The minimum absolute atomic E-state index is 0.0416. The van der Waals surface area contributed by atoms with E-state index in [-0.39, 0.29) is 26.5 Å². The number of carbonyl (C=O) groups excluding carboxylic acids is 1. The molecule has 0 saturated carbocycles. The molecule has 2 radical (unpaired) electrons. The van der Waals surface area contributed by atoms with Gasteiger partial charge in [-0.05, 0) is 138 Å². The summed E-state index contributed by atoms with van der Waals surface area (Å²) >= 11 is 8.70. The molecule has 0 heterocycles. The van der Waals surface area contributed by atoms with E-state index >= 15 is 0 Å². The van der Waals surface area contributed by atoms with Crippen LogP contribution < -0.4 is 10.1 Å². The lowest BCUT2D eigenvalue weighted by atomic mass is 10.1. The van der Waals surface area contributed by atoms with Gasteiger partial charge in [-0.25, -0.2) is 0 Å². The van der Waals surface area contributed by atoms with Crippen LogP contribution in [0.15, 0.2) is 24.3 Å². The molecule has 168 valence electrons. The van der Waals surface area contributed by atoms with Gasteiger partial charge in [0.15, 0.2) is 5.75 Å².